The first-order chi connectivity index (χ1) is 19.8. The van der Waals surface area contributed by atoms with Crippen LogP contribution in [-0.2, 0) is 38.5 Å². The van der Waals surface area contributed by atoms with Gasteiger partial charge in [-0.1, -0.05) is 32.9 Å². The van der Waals surface area contributed by atoms with E-state index in [9.17, 15) is 26.3 Å². The van der Waals surface area contributed by atoms with E-state index in [2.05, 4.69) is 20.8 Å². The van der Waals surface area contributed by atoms with Gasteiger partial charge >= 0.3 is 0 Å². The fourth-order valence-electron chi connectivity index (χ4n) is 6.45. The highest BCUT2D eigenvalue weighted by Gasteiger charge is 2.24. The zero-order valence-electron chi connectivity index (χ0n) is 25.6. The highest BCUT2D eigenvalue weighted by molar-refractivity contribution is 5.38. The maximum Gasteiger partial charge on any atom is 0.162 e. The average Bonchev–Trinajstić information content (AvgIpc) is 2.95. The molecule has 42 heavy (non-hydrogen) atoms. The summed E-state index contributed by atoms with van der Waals surface area (Å²) >= 11 is 0. The van der Waals surface area contributed by atoms with E-state index in [0.29, 0.717) is 52.8 Å². The molecule has 3 atom stereocenters. The maximum atomic E-state index is 13.6. The number of hydrogen-bond acceptors (Lipinski definition) is 0. The van der Waals surface area contributed by atoms with Crippen molar-refractivity contribution in [3.8, 4) is 0 Å². The first kappa shape index (κ1) is 32.2. The molecule has 3 unspecified atom stereocenters. The maximum absolute atomic E-state index is 13.6. The van der Waals surface area contributed by atoms with Crippen molar-refractivity contribution in [1.29, 1.82) is 0 Å². The Hall–Kier alpha value is -2.76. The zero-order chi connectivity index (χ0) is 30.9. The number of aryl methyl sites for hydroxylation is 4. The van der Waals surface area contributed by atoms with Crippen molar-refractivity contribution in [2.24, 2.45) is 17.8 Å². The van der Waals surface area contributed by atoms with Crippen LogP contribution in [0.5, 0.6) is 0 Å². The SMILES string of the molecule is Cc1c(F)cc2c(c1F)CCC(C)C2.Cc1cc2c(c(F)c1F)CC(C)CC2.Cc1cc2c(c(F)c1F)CC(C)CC2. The molecule has 0 radical (unpaired) electrons. The Bertz CT molecular complexity index is 1380. The van der Waals surface area contributed by atoms with E-state index in [1.165, 1.54) is 13.0 Å². The molecular formula is C36H42F6. The molecule has 0 amide bonds. The Morgan fingerprint density at radius 1 is 0.476 bits per heavy atom. The zero-order valence-corrected chi connectivity index (χ0v) is 25.6. The molecule has 0 saturated heterocycles. The lowest BCUT2D eigenvalue weighted by Crippen LogP contribution is -2.14. The van der Waals surface area contributed by atoms with E-state index in [-0.39, 0.29) is 11.4 Å². The fraction of sp³-hybridized carbons (Fsp3) is 0.500. The van der Waals surface area contributed by atoms with Gasteiger partial charge in [0.05, 0.1) is 0 Å². The van der Waals surface area contributed by atoms with E-state index in [0.717, 1.165) is 67.2 Å². The minimum atomic E-state index is -0.669. The fourth-order valence-corrected chi connectivity index (χ4v) is 6.45. The van der Waals surface area contributed by atoms with Crippen LogP contribution >= 0.6 is 0 Å². The van der Waals surface area contributed by atoms with E-state index >= 15 is 0 Å². The second-order valence-electron chi connectivity index (χ2n) is 12.9. The lowest BCUT2D eigenvalue weighted by Gasteiger charge is -2.22. The van der Waals surface area contributed by atoms with Crippen molar-refractivity contribution in [2.45, 2.75) is 99.3 Å². The largest absolute Gasteiger partial charge is 0.207 e. The number of benzene rings is 3. The van der Waals surface area contributed by atoms with Gasteiger partial charge < -0.3 is 0 Å². The Kier molecular flexibility index (Phi) is 10.2. The van der Waals surface area contributed by atoms with E-state index in [1.807, 2.05) is 0 Å². The van der Waals surface area contributed by atoms with Gasteiger partial charge in [0.25, 0.3) is 0 Å². The van der Waals surface area contributed by atoms with Gasteiger partial charge in [0.1, 0.15) is 11.6 Å². The Balaban J connectivity index is 0.000000145. The second-order valence-corrected chi connectivity index (χ2v) is 12.9. The Labute approximate surface area is 246 Å². The average molecular weight is 589 g/mol. The Morgan fingerprint density at radius 2 is 0.905 bits per heavy atom. The predicted molar refractivity (Wildman–Crippen MR) is 157 cm³/mol. The molecule has 0 heterocycles. The van der Waals surface area contributed by atoms with Crippen LogP contribution in [-0.4, -0.2) is 0 Å². The highest BCUT2D eigenvalue weighted by Crippen LogP contribution is 2.32. The minimum absolute atomic E-state index is 0.165. The van der Waals surface area contributed by atoms with Crippen LogP contribution in [0.2, 0.25) is 0 Å². The van der Waals surface area contributed by atoms with Gasteiger partial charge in [0.2, 0.25) is 0 Å². The molecule has 3 aromatic rings. The van der Waals surface area contributed by atoms with Gasteiger partial charge in [-0.3, -0.25) is 0 Å². The number of hydrogen-bond donors (Lipinski definition) is 0. The number of fused-ring (bicyclic) bond motifs is 3. The van der Waals surface area contributed by atoms with E-state index in [1.54, 1.807) is 26.0 Å². The predicted octanol–water partition coefficient (Wildman–Crippen LogP) is 10.2. The van der Waals surface area contributed by atoms with Gasteiger partial charge in [0.15, 0.2) is 23.3 Å². The molecular weight excluding hydrogens is 546 g/mol. The summed E-state index contributed by atoms with van der Waals surface area (Å²) in [4.78, 5) is 0. The van der Waals surface area contributed by atoms with Gasteiger partial charge in [0, 0.05) is 5.56 Å². The van der Waals surface area contributed by atoms with Crippen molar-refractivity contribution in [3.63, 3.8) is 0 Å². The smallest absolute Gasteiger partial charge is 0.162 e. The van der Waals surface area contributed by atoms with Crippen molar-refractivity contribution in [2.75, 3.05) is 0 Å². The molecule has 0 N–H and O–H groups in total. The molecule has 6 rings (SSSR count). The van der Waals surface area contributed by atoms with Gasteiger partial charge in [-0.15, -0.1) is 0 Å². The summed E-state index contributed by atoms with van der Waals surface area (Å²) in [5.41, 5.74) is 5.83. The lowest BCUT2D eigenvalue weighted by atomic mass is 9.84. The summed E-state index contributed by atoms with van der Waals surface area (Å²) in [6.07, 6.45) is 7.86. The molecule has 0 saturated carbocycles. The molecule has 3 aliphatic carbocycles. The lowest BCUT2D eigenvalue weighted by molar-refractivity contribution is 0.446. The third-order valence-electron chi connectivity index (χ3n) is 9.18. The first-order valence-electron chi connectivity index (χ1n) is 15.2. The van der Waals surface area contributed by atoms with Gasteiger partial charge in [-0.25, -0.2) is 26.3 Å². The highest BCUT2D eigenvalue weighted by atomic mass is 19.2. The quantitative estimate of drug-likeness (QED) is 0.229. The Morgan fingerprint density at radius 3 is 1.38 bits per heavy atom. The number of halogens is 6. The normalized spacial score (nSPS) is 20.7. The molecule has 0 bridgehead atoms. The molecule has 0 fully saturated rings. The first-order valence-corrected chi connectivity index (χ1v) is 15.2. The molecule has 0 aromatic heterocycles. The standard InChI is InChI=1S/3C12H14F2/c1-7-3-4-10-9(5-7)6-11(13)8(2)12(10)14;2*1-7-3-4-9-6-8(2)11(13)12(14)10(9)5-7/h3*6-7H,3-5H2,1-2H3. The second kappa shape index (κ2) is 13.3. The van der Waals surface area contributed by atoms with Crippen LogP contribution in [0.4, 0.5) is 26.3 Å². The third-order valence-corrected chi connectivity index (χ3v) is 9.18. The molecule has 3 aliphatic rings. The third kappa shape index (κ3) is 6.89. The van der Waals surface area contributed by atoms with Crippen LogP contribution in [0.15, 0.2) is 18.2 Å². The van der Waals surface area contributed by atoms with Crippen LogP contribution < -0.4 is 0 Å². The molecule has 3 aromatic carbocycles. The molecule has 6 heteroatoms. The summed E-state index contributed by atoms with van der Waals surface area (Å²) in [6, 6.07) is 5.09. The summed E-state index contributed by atoms with van der Waals surface area (Å²) < 4.78 is 80.5. The summed E-state index contributed by atoms with van der Waals surface area (Å²) in [5, 5.41) is 0. The molecule has 0 nitrogen and oxygen atoms in total. The topological polar surface area (TPSA) is 0 Å². The molecule has 228 valence electrons. The van der Waals surface area contributed by atoms with Crippen LogP contribution in [0.25, 0.3) is 0 Å². The van der Waals surface area contributed by atoms with Crippen molar-refractivity contribution in [3.05, 3.63) is 103 Å². The molecule has 0 aliphatic heterocycles. The van der Waals surface area contributed by atoms with Crippen LogP contribution in [0, 0.1) is 73.4 Å². The minimum Gasteiger partial charge on any atom is -0.207 e. The van der Waals surface area contributed by atoms with Gasteiger partial charge in [-0.2, -0.15) is 0 Å². The summed E-state index contributed by atoms with van der Waals surface area (Å²) in [5.74, 6) is -1.82. The van der Waals surface area contributed by atoms with Crippen molar-refractivity contribution in [1.82, 2.24) is 0 Å². The van der Waals surface area contributed by atoms with Gasteiger partial charge in [-0.05, 0) is 147 Å². The van der Waals surface area contributed by atoms with Crippen molar-refractivity contribution >= 4 is 0 Å². The van der Waals surface area contributed by atoms with E-state index < -0.39 is 29.1 Å². The molecule has 0 spiro atoms. The van der Waals surface area contributed by atoms with Crippen LogP contribution in [0.3, 0.4) is 0 Å². The monoisotopic (exact) mass is 588 g/mol. The summed E-state index contributed by atoms with van der Waals surface area (Å²) in [6.45, 7) is 11.0. The summed E-state index contributed by atoms with van der Waals surface area (Å²) in [7, 11) is 0. The van der Waals surface area contributed by atoms with Crippen molar-refractivity contribution < 1.29 is 26.3 Å². The van der Waals surface area contributed by atoms with E-state index in [4.69, 9.17) is 0 Å². The van der Waals surface area contributed by atoms with Crippen LogP contribution in [0.1, 0.15) is 90.1 Å². The number of rotatable bonds is 0.